The number of hydrogen-bond donors (Lipinski definition) is 1. The van der Waals surface area contributed by atoms with Gasteiger partial charge in [0.25, 0.3) is 0 Å². The molecule has 0 bridgehead atoms. The third-order valence-electron chi connectivity index (χ3n) is 6.01. The smallest absolute Gasteiger partial charge is 0.310 e. The SMILES string of the molecule is CCNC(=NCC1CCN(Cc2csc(C)n2)CC1)N1CC(C)C(C(=O)OC)C1.I. The van der Waals surface area contributed by atoms with Gasteiger partial charge in [0.15, 0.2) is 5.96 Å². The molecule has 9 heteroatoms. The molecule has 2 atom stereocenters. The van der Waals surface area contributed by atoms with Gasteiger partial charge in [-0.15, -0.1) is 35.3 Å². The summed E-state index contributed by atoms with van der Waals surface area (Å²) in [5, 5.41) is 6.73. The molecule has 0 saturated carbocycles. The second kappa shape index (κ2) is 12.2. The normalized spacial score (nSPS) is 23.3. The number of halogens is 1. The average Bonchev–Trinajstić information content (AvgIpc) is 3.31. The maximum atomic E-state index is 12.0. The van der Waals surface area contributed by atoms with Crippen LogP contribution >= 0.6 is 35.3 Å². The fraction of sp³-hybridized carbons (Fsp3) is 0.762. The Hall–Kier alpha value is -0.940. The molecule has 3 rings (SSSR count). The van der Waals surface area contributed by atoms with Crippen LogP contribution in [0.2, 0.25) is 0 Å². The van der Waals surface area contributed by atoms with Crippen LogP contribution in [0.4, 0.5) is 0 Å². The van der Waals surface area contributed by atoms with Crippen LogP contribution in [0.3, 0.4) is 0 Å². The molecule has 2 aliphatic rings. The third kappa shape index (κ3) is 6.78. The molecule has 0 radical (unpaired) electrons. The van der Waals surface area contributed by atoms with Crippen molar-refractivity contribution in [3.8, 4) is 0 Å². The lowest BCUT2D eigenvalue weighted by Gasteiger charge is -2.31. The Morgan fingerprint density at radius 1 is 1.37 bits per heavy atom. The van der Waals surface area contributed by atoms with Crippen LogP contribution < -0.4 is 5.32 Å². The largest absolute Gasteiger partial charge is 0.469 e. The highest BCUT2D eigenvalue weighted by atomic mass is 127. The highest BCUT2D eigenvalue weighted by Crippen LogP contribution is 2.25. The Balaban J connectivity index is 0.00000320. The molecule has 3 heterocycles. The number of methoxy groups -OCH3 is 1. The molecule has 2 unspecified atom stereocenters. The molecule has 1 aromatic heterocycles. The minimum atomic E-state index is -0.112. The van der Waals surface area contributed by atoms with E-state index in [4.69, 9.17) is 9.73 Å². The molecule has 2 saturated heterocycles. The van der Waals surface area contributed by atoms with E-state index in [1.165, 1.54) is 25.6 Å². The summed E-state index contributed by atoms with van der Waals surface area (Å²) < 4.78 is 4.97. The number of aryl methyl sites for hydroxylation is 1. The van der Waals surface area contributed by atoms with Crippen molar-refractivity contribution >= 4 is 47.2 Å². The second-order valence-corrected chi connectivity index (χ2v) is 9.35. The van der Waals surface area contributed by atoms with Crippen molar-refractivity contribution in [2.45, 2.75) is 40.2 Å². The highest BCUT2D eigenvalue weighted by molar-refractivity contribution is 14.0. The first-order chi connectivity index (χ1) is 14.0. The Labute approximate surface area is 201 Å². The van der Waals surface area contributed by atoms with Crippen LogP contribution in [-0.4, -0.2) is 73.1 Å². The lowest BCUT2D eigenvalue weighted by Crippen LogP contribution is -2.41. The van der Waals surface area contributed by atoms with E-state index in [1.807, 2.05) is 0 Å². The van der Waals surface area contributed by atoms with Crippen molar-refractivity contribution in [2.24, 2.45) is 22.7 Å². The lowest BCUT2D eigenvalue weighted by atomic mass is 9.97. The Morgan fingerprint density at radius 2 is 2.10 bits per heavy atom. The zero-order valence-electron chi connectivity index (χ0n) is 18.6. The van der Waals surface area contributed by atoms with Gasteiger partial charge in [-0.25, -0.2) is 4.98 Å². The van der Waals surface area contributed by atoms with Gasteiger partial charge in [-0.1, -0.05) is 6.92 Å². The van der Waals surface area contributed by atoms with Crippen molar-refractivity contribution in [3.05, 3.63) is 16.1 Å². The van der Waals surface area contributed by atoms with Crippen LogP contribution in [0.25, 0.3) is 0 Å². The molecule has 7 nitrogen and oxygen atoms in total. The second-order valence-electron chi connectivity index (χ2n) is 8.28. The van der Waals surface area contributed by atoms with E-state index in [2.05, 4.69) is 46.3 Å². The number of hydrogen-bond acceptors (Lipinski definition) is 6. The summed E-state index contributed by atoms with van der Waals surface area (Å²) in [5.41, 5.74) is 1.20. The number of guanidine groups is 1. The summed E-state index contributed by atoms with van der Waals surface area (Å²) in [7, 11) is 1.47. The number of ether oxygens (including phenoxy) is 1. The van der Waals surface area contributed by atoms with Gasteiger partial charge in [0.2, 0.25) is 0 Å². The zero-order chi connectivity index (χ0) is 20.8. The molecule has 2 fully saturated rings. The molecule has 2 aliphatic heterocycles. The minimum absolute atomic E-state index is 0. The predicted octanol–water partition coefficient (Wildman–Crippen LogP) is 2.99. The summed E-state index contributed by atoms with van der Waals surface area (Å²) >= 11 is 1.73. The summed E-state index contributed by atoms with van der Waals surface area (Å²) in [6.07, 6.45) is 2.35. The van der Waals surface area contributed by atoms with Gasteiger partial charge in [-0.2, -0.15) is 0 Å². The van der Waals surface area contributed by atoms with E-state index in [9.17, 15) is 4.79 Å². The Bertz CT molecular complexity index is 705. The number of rotatable bonds is 6. The van der Waals surface area contributed by atoms with Gasteiger partial charge in [0.05, 0.1) is 23.7 Å². The number of aromatic nitrogens is 1. The molecule has 30 heavy (non-hydrogen) atoms. The number of carbonyl (C=O) groups excluding carboxylic acids is 1. The maximum absolute atomic E-state index is 12.0. The van der Waals surface area contributed by atoms with E-state index >= 15 is 0 Å². The van der Waals surface area contributed by atoms with E-state index in [1.54, 1.807) is 11.3 Å². The number of likely N-dealkylation sites (tertiary alicyclic amines) is 2. The van der Waals surface area contributed by atoms with Crippen molar-refractivity contribution < 1.29 is 9.53 Å². The molecule has 1 N–H and O–H groups in total. The first kappa shape index (κ1) is 25.3. The van der Waals surface area contributed by atoms with Gasteiger partial charge < -0.3 is 15.0 Å². The Morgan fingerprint density at radius 3 is 2.70 bits per heavy atom. The summed E-state index contributed by atoms with van der Waals surface area (Å²) in [6, 6.07) is 0. The standard InChI is InChI=1S/C21H35N5O2S.HI/c1-5-22-21(26-11-15(2)19(13-26)20(27)28-4)23-10-17-6-8-25(9-7-17)12-18-14-29-16(3)24-18;/h14-15,17,19H,5-13H2,1-4H3,(H,22,23);1H. The van der Waals surface area contributed by atoms with Crippen LogP contribution in [0.15, 0.2) is 10.4 Å². The van der Waals surface area contributed by atoms with Crippen molar-refractivity contribution in [1.29, 1.82) is 0 Å². The number of aliphatic imine (C=N–C) groups is 1. The van der Waals surface area contributed by atoms with Crippen LogP contribution in [-0.2, 0) is 16.1 Å². The number of thiazole rings is 1. The van der Waals surface area contributed by atoms with Crippen molar-refractivity contribution in [1.82, 2.24) is 20.1 Å². The van der Waals surface area contributed by atoms with E-state index in [0.717, 1.165) is 50.2 Å². The van der Waals surface area contributed by atoms with Crippen molar-refractivity contribution in [2.75, 3.05) is 46.4 Å². The maximum Gasteiger partial charge on any atom is 0.310 e. The highest BCUT2D eigenvalue weighted by Gasteiger charge is 2.37. The van der Waals surface area contributed by atoms with Gasteiger partial charge >= 0.3 is 5.97 Å². The summed E-state index contributed by atoms with van der Waals surface area (Å²) in [5.74, 6) is 1.66. The topological polar surface area (TPSA) is 70.1 Å². The van der Waals surface area contributed by atoms with Gasteiger partial charge in [0.1, 0.15) is 0 Å². The quantitative estimate of drug-likeness (QED) is 0.255. The van der Waals surface area contributed by atoms with Crippen molar-refractivity contribution in [3.63, 3.8) is 0 Å². The zero-order valence-corrected chi connectivity index (χ0v) is 21.7. The van der Waals surface area contributed by atoms with Gasteiger partial charge in [0, 0.05) is 38.1 Å². The van der Waals surface area contributed by atoms with Crippen LogP contribution in [0.5, 0.6) is 0 Å². The fourth-order valence-electron chi connectivity index (χ4n) is 4.28. The monoisotopic (exact) mass is 549 g/mol. The number of nitrogens with one attached hydrogen (secondary N) is 1. The molecule has 1 aromatic rings. The molecular formula is C21H36IN5O2S. The van der Waals surface area contributed by atoms with E-state index in [-0.39, 0.29) is 41.8 Å². The lowest BCUT2D eigenvalue weighted by molar-refractivity contribution is -0.145. The van der Waals surface area contributed by atoms with E-state index < -0.39 is 0 Å². The van der Waals surface area contributed by atoms with Crippen LogP contribution in [0, 0.1) is 24.7 Å². The molecule has 0 spiro atoms. The fourth-order valence-corrected chi connectivity index (χ4v) is 4.88. The minimum Gasteiger partial charge on any atom is -0.469 e. The average molecular weight is 550 g/mol. The summed E-state index contributed by atoms with van der Waals surface area (Å²) in [6.45, 7) is 12.7. The van der Waals surface area contributed by atoms with Gasteiger partial charge in [-0.3, -0.25) is 14.7 Å². The Kier molecular flexibility index (Phi) is 10.3. The van der Waals surface area contributed by atoms with Crippen LogP contribution in [0.1, 0.15) is 37.4 Å². The number of esters is 1. The number of carbonyl (C=O) groups is 1. The number of nitrogens with zero attached hydrogens (tertiary/aromatic N) is 4. The molecule has 0 aromatic carbocycles. The third-order valence-corrected chi connectivity index (χ3v) is 6.83. The first-order valence-corrected chi connectivity index (χ1v) is 11.6. The molecule has 170 valence electrons. The summed E-state index contributed by atoms with van der Waals surface area (Å²) in [4.78, 5) is 26.2. The molecule has 0 aliphatic carbocycles. The molecular weight excluding hydrogens is 513 g/mol. The first-order valence-electron chi connectivity index (χ1n) is 10.7. The van der Waals surface area contributed by atoms with E-state index in [0.29, 0.717) is 12.5 Å². The predicted molar refractivity (Wildman–Crippen MR) is 132 cm³/mol. The number of piperidine rings is 1. The van der Waals surface area contributed by atoms with Gasteiger partial charge in [-0.05, 0) is 51.6 Å². The molecule has 0 amide bonds.